The molecule has 0 aromatic heterocycles. The van der Waals surface area contributed by atoms with Gasteiger partial charge in [-0.15, -0.1) is 12.4 Å². The molecule has 0 aromatic rings. The lowest BCUT2D eigenvalue weighted by atomic mass is 10.3. The van der Waals surface area contributed by atoms with Gasteiger partial charge in [0.2, 0.25) is 0 Å². The fraction of sp³-hybridized carbons (Fsp3) is 0.929. The Bertz CT molecular complexity index is 351. The van der Waals surface area contributed by atoms with Gasteiger partial charge in [-0.1, -0.05) is 58.9 Å². The monoisotopic (exact) mass is 413 g/mol. The van der Waals surface area contributed by atoms with Crippen molar-refractivity contribution in [2.45, 2.75) is 71.8 Å². The van der Waals surface area contributed by atoms with E-state index in [1.165, 1.54) is 0 Å². The molecule has 0 saturated heterocycles. The second kappa shape index (κ2) is 9.19. The number of aliphatic hydroxyl groups is 1. The van der Waals surface area contributed by atoms with Crippen LogP contribution >= 0.6 is 12.4 Å². The van der Waals surface area contributed by atoms with E-state index in [1.807, 2.05) is 0 Å². The third-order valence-electron chi connectivity index (χ3n) is 4.44. The lowest BCUT2D eigenvalue weighted by Crippen LogP contribution is -2.82. The molecule has 0 aromatic carbocycles. The summed E-state index contributed by atoms with van der Waals surface area (Å²) in [5, 5.41) is 12.2. The van der Waals surface area contributed by atoms with Crippen molar-refractivity contribution in [3.05, 3.63) is 0 Å². The van der Waals surface area contributed by atoms with Gasteiger partial charge in [-0.3, -0.25) is 0 Å². The molecule has 140 valence electrons. The van der Waals surface area contributed by atoms with E-state index in [0.29, 0.717) is 5.96 Å². The summed E-state index contributed by atoms with van der Waals surface area (Å²) in [7, 11) is -4.23. The second-order valence-electron chi connectivity index (χ2n) is 9.31. The fourth-order valence-electron chi connectivity index (χ4n) is 4.55. The summed E-state index contributed by atoms with van der Waals surface area (Å²) >= 11 is 0. The molecular weight excluding hydrogens is 374 g/mol. The number of nitrogens with two attached hydrogens (primary N) is 1. The first kappa shape index (κ1) is 25.6. The summed E-state index contributed by atoms with van der Waals surface area (Å²) in [6.45, 7) is 21.9. The first-order chi connectivity index (χ1) is 9.70. The Hall–Kier alpha value is 0.388. The van der Waals surface area contributed by atoms with Crippen LogP contribution in [0.15, 0.2) is 4.66 Å². The van der Waals surface area contributed by atoms with Crippen molar-refractivity contribution in [1.29, 1.82) is 0 Å². The van der Waals surface area contributed by atoms with Crippen molar-refractivity contribution < 1.29 is 5.11 Å². The van der Waals surface area contributed by atoms with Gasteiger partial charge in [0.25, 0.3) is 0 Å². The van der Waals surface area contributed by atoms with Crippen molar-refractivity contribution in [1.82, 2.24) is 5.32 Å². The van der Waals surface area contributed by atoms with E-state index >= 15 is 0 Å². The van der Waals surface area contributed by atoms with Crippen LogP contribution in [0.25, 0.3) is 0 Å². The van der Waals surface area contributed by atoms with E-state index in [2.05, 4.69) is 64.2 Å². The summed E-state index contributed by atoms with van der Waals surface area (Å²) in [4.78, 5) is 0. The van der Waals surface area contributed by atoms with Crippen molar-refractivity contribution in [3.63, 3.8) is 0 Å². The molecule has 0 aliphatic carbocycles. The molecule has 0 rings (SSSR count). The maximum atomic E-state index is 8.87. The Kier molecular flexibility index (Phi) is 10.2. The zero-order chi connectivity index (χ0) is 17.8. The van der Waals surface area contributed by atoms with Crippen LogP contribution in [-0.4, -0.2) is 53.8 Å². The smallest absolute Gasteiger partial charge is 0.178 e. The number of halogens is 1. The average molecular weight is 414 g/mol. The van der Waals surface area contributed by atoms with Crippen LogP contribution in [0.2, 0.25) is 58.9 Å². The van der Waals surface area contributed by atoms with Crippen LogP contribution in [0, 0.1) is 0 Å². The number of rotatable bonds is 8. The van der Waals surface area contributed by atoms with Crippen LogP contribution < -0.4 is 11.1 Å². The lowest BCUT2D eigenvalue weighted by Gasteiger charge is -2.53. The van der Waals surface area contributed by atoms with Gasteiger partial charge in [-0.05, 0) is 12.8 Å². The predicted octanol–water partition coefficient (Wildman–Crippen LogP) is 3.28. The van der Waals surface area contributed by atoms with Gasteiger partial charge in [-0.25, -0.2) is 0 Å². The summed E-state index contributed by atoms with van der Waals surface area (Å²) in [6.07, 6.45) is 1.76. The van der Waals surface area contributed by atoms with Gasteiger partial charge in [0.15, 0.2) is 12.7 Å². The standard InChI is InChI=1S/C14H39N3OSi4.ClH/c1-19(2,3)22(20(4,5)6,21(7,8)9)17-14(15)16-12-10-11-13-18;/h18H,10-13H2,1-9H3,(H3,15,16,17);1H. The molecule has 4 nitrogen and oxygen atoms in total. The average Bonchev–Trinajstić information content (AvgIpc) is 2.26. The van der Waals surface area contributed by atoms with Gasteiger partial charge in [0, 0.05) is 13.2 Å². The van der Waals surface area contributed by atoms with E-state index in [4.69, 9.17) is 15.5 Å². The number of nitrogens with one attached hydrogen (secondary N) is 1. The minimum Gasteiger partial charge on any atom is -0.396 e. The van der Waals surface area contributed by atoms with Crippen LogP contribution in [0.1, 0.15) is 12.8 Å². The minimum atomic E-state index is -1.76. The molecule has 4 N–H and O–H groups in total. The first-order valence-corrected chi connectivity index (χ1v) is 23.9. The molecule has 0 spiro atoms. The van der Waals surface area contributed by atoms with Gasteiger partial charge >= 0.3 is 0 Å². The fourth-order valence-corrected chi connectivity index (χ4v) is 97.9. The quantitative estimate of drug-likeness (QED) is 0.247. The molecule has 0 fully saturated rings. The highest BCUT2D eigenvalue weighted by Gasteiger charge is 2.63. The normalized spacial score (nSPS) is 14.4. The van der Waals surface area contributed by atoms with Gasteiger partial charge in [0.1, 0.15) is 0 Å². The van der Waals surface area contributed by atoms with E-state index < -0.39 is 29.6 Å². The summed E-state index contributed by atoms with van der Waals surface area (Å²) in [5.41, 5.74) is 6.31. The Morgan fingerprint density at radius 2 is 1.26 bits per heavy atom. The zero-order valence-electron chi connectivity index (χ0n) is 16.7. The SMILES string of the molecule is C[Si](C)(C)[Si](N=C(N)NCCCCO)([Si](C)(C)C)[Si](C)(C)C.Cl. The number of nitrogens with zero attached hydrogens (tertiary/aromatic N) is 1. The molecule has 0 radical (unpaired) electrons. The summed E-state index contributed by atoms with van der Waals surface area (Å²) in [5.74, 6) is 0.664. The van der Waals surface area contributed by atoms with Crippen molar-refractivity contribution in [3.8, 4) is 0 Å². The number of hydrogen-bond acceptors (Lipinski definition) is 2. The number of unbranched alkanes of at least 4 members (excludes halogenated alkanes) is 1. The molecule has 0 aliphatic heterocycles. The van der Waals surface area contributed by atoms with E-state index in [9.17, 15) is 0 Å². The minimum absolute atomic E-state index is 0. The number of aliphatic hydroxyl groups excluding tert-OH is 1. The second-order valence-corrected chi connectivity index (χ2v) is 49.0. The molecule has 0 atom stereocenters. The molecular formula is C14H40ClN3OSi4. The molecule has 0 bridgehead atoms. The molecule has 0 saturated carbocycles. The van der Waals surface area contributed by atoms with Crippen molar-refractivity contribution in [2.75, 3.05) is 13.2 Å². The zero-order valence-corrected chi connectivity index (χ0v) is 21.5. The van der Waals surface area contributed by atoms with Crippen LogP contribution in [0.5, 0.6) is 0 Å². The van der Waals surface area contributed by atoms with Crippen LogP contribution in [0.3, 0.4) is 0 Å². The highest BCUT2D eigenvalue weighted by molar-refractivity contribution is 7.89. The van der Waals surface area contributed by atoms with E-state index in [1.54, 1.807) is 0 Å². The topological polar surface area (TPSA) is 70.6 Å². The highest BCUT2D eigenvalue weighted by Crippen LogP contribution is 2.37. The Morgan fingerprint density at radius 3 is 1.57 bits per heavy atom. The third-order valence-corrected chi connectivity index (χ3v) is 72.6. The van der Waals surface area contributed by atoms with Crippen molar-refractivity contribution >= 4 is 47.9 Å². The summed E-state index contributed by atoms with van der Waals surface area (Å²) in [6, 6.07) is 0. The van der Waals surface area contributed by atoms with Crippen LogP contribution in [0.4, 0.5) is 0 Å². The Labute approximate surface area is 153 Å². The maximum Gasteiger partial charge on any atom is 0.178 e. The van der Waals surface area contributed by atoms with Gasteiger partial charge in [0.05, 0.1) is 22.8 Å². The van der Waals surface area contributed by atoms with Crippen LogP contribution in [-0.2, 0) is 0 Å². The number of guanidine groups is 1. The molecule has 0 unspecified atom stereocenters. The Morgan fingerprint density at radius 1 is 0.870 bits per heavy atom. The third kappa shape index (κ3) is 6.31. The largest absolute Gasteiger partial charge is 0.396 e. The number of hydrogen-bond donors (Lipinski definition) is 3. The van der Waals surface area contributed by atoms with Gasteiger partial charge < -0.3 is 20.8 Å². The molecule has 23 heavy (non-hydrogen) atoms. The highest BCUT2D eigenvalue weighted by atomic mass is 35.5. The molecule has 0 aliphatic rings. The van der Waals surface area contributed by atoms with E-state index in [-0.39, 0.29) is 19.0 Å². The van der Waals surface area contributed by atoms with Gasteiger partial charge in [-0.2, -0.15) is 0 Å². The lowest BCUT2D eigenvalue weighted by molar-refractivity contribution is 0.285. The summed E-state index contributed by atoms with van der Waals surface area (Å²) < 4.78 is 5.36. The molecule has 9 heteroatoms. The predicted molar refractivity (Wildman–Crippen MR) is 119 cm³/mol. The van der Waals surface area contributed by atoms with E-state index in [0.717, 1.165) is 19.4 Å². The Balaban J connectivity index is 0. The molecule has 0 amide bonds. The maximum absolute atomic E-state index is 8.87. The van der Waals surface area contributed by atoms with Crippen molar-refractivity contribution in [2.24, 2.45) is 10.4 Å². The first-order valence-electron chi connectivity index (χ1n) is 8.41. The molecule has 0 heterocycles.